The van der Waals surface area contributed by atoms with E-state index in [0.29, 0.717) is 55.8 Å². The van der Waals surface area contributed by atoms with E-state index in [2.05, 4.69) is 15.0 Å². The lowest BCUT2D eigenvalue weighted by atomic mass is 10.0. The van der Waals surface area contributed by atoms with Crippen LogP contribution in [0.3, 0.4) is 0 Å². The Kier molecular flexibility index (Phi) is 6.25. The number of nitrogens with zero attached hydrogens (tertiary/aromatic N) is 5. The first-order chi connectivity index (χ1) is 16.6. The lowest BCUT2D eigenvalue weighted by Gasteiger charge is -2.38. The molecule has 0 bridgehead atoms. The summed E-state index contributed by atoms with van der Waals surface area (Å²) in [6.07, 6.45) is 2.22. The highest BCUT2D eigenvalue weighted by molar-refractivity contribution is 7.17. The van der Waals surface area contributed by atoms with Crippen LogP contribution in [-0.2, 0) is 6.42 Å². The lowest BCUT2D eigenvalue weighted by molar-refractivity contribution is 0.0568. The highest BCUT2D eigenvalue weighted by atomic mass is 32.1. The molecule has 0 spiro atoms. The molecule has 9 nitrogen and oxygen atoms in total. The van der Waals surface area contributed by atoms with Crippen LogP contribution in [0.4, 0.5) is 0 Å². The van der Waals surface area contributed by atoms with Gasteiger partial charge in [0.15, 0.2) is 11.6 Å². The zero-order valence-electron chi connectivity index (χ0n) is 19.2. The van der Waals surface area contributed by atoms with E-state index in [1.165, 1.54) is 22.1 Å². The zero-order valence-corrected chi connectivity index (χ0v) is 20.0. The van der Waals surface area contributed by atoms with E-state index in [1.807, 2.05) is 38.1 Å². The van der Waals surface area contributed by atoms with Gasteiger partial charge in [-0.25, -0.2) is 4.98 Å². The van der Waals surface area contributed by atoms with E-state index >= 15 is 0 Å². The maximum atomic E-state index is 12.7. The molecule has 1 fully saturated rings. The molecule has 0 unspecified atom stereocenters. The molecule has 1 aliphatic rings. The lowest BCUT2D eigenvalue weighted by Crippen LogP contribution is -2.49. The van der Waals surface area contributed by atoms with Crippen molar-refractivity contribution < 1.29 is 19.1 Å². The summed E-state index contributed by atoms with van der Waals surface area (Å²) in [5.74, 6) is 1.87. The summed E-state index contributed by atoms with van der Waals surface area (Å²) in [6, 6.07) is 11.2. The molecule has 1 aromatic carbocycles. The smallest absolute Gasteiger partial charge is 0.289 e. The Morgan fingerprint density at radius 1 is 1.18 bits per heavy atom. The number of piperazine rings is 1. The number of hydrogen-bond donors (Lipinski definition) is 1. The van der Waals surface area contributed by atoms with Gasteiger partial charge in [0.25, 0.3) is 5.91 Å². The molecule has 1 aliphatic heterocycles. The van der Waals surface area contributed by atoms with Crippen molar-refractivity contribution in [3.05, 3.63) is 64.7 Å². The van der Waals surface area contributed by atoms with Gasteiger partial charge in [0.2, 0.25) is 10.8 Å². The van der Waals surface area contributed by atoms with Crippen LogP contribution in [-0.4, -0.2) is 68.2 Å². The minimum absolute atomic E-state index is 0.101. The normalized spacial score (nSPS) is 15.6. The number of hydrogen-bond acceptors (Lipinski definition) is 8. The first-order valence-electron chi connectivity index (χ1n) is 11.5. The van der Waals surface area contributed by atoms with Gasteiger partial charge in [-0.1, -0.05) is 30.4 Å². The van der Waals surface area contributed by atoms with E-state index in [-0.39, 0.29) is 17.8 Å². The maximum Gasteiger partial charge on any atom is 0.289 e. The van der Waals surface area contributed by atoms with Crippen LogP contribution >= 0.6 is 11.3 Å². The molecule has 4 aromatic rings. The molecular formula is C24H27N5O4S. The molecule has 1 N–H and O–H groups in total. The molecule has 0 radical (unpaired) electrons. The third-order valence-corrected chi connectivity index (χ3v) is 7.09. The Morgan fingerprint density at radius 2 is 1.94 bits per heavy atom. The monoisotopic (exact) mass is 481 g/mol. The quantitative estimate of drug-likeness (QED) is 0.431. The number of amides is 1. The fraction of sp³-hybridized carbons (Fsp3) is 0.375. The minimum atomic E-state index is -0.199. The molecule has 1 saturated heterocycles. The van der Waals surface area contributed by atoms with E-state index in [0.717, 1.165) is 16.2 Å². The van der Waals surface area contributed by atoms with E-state index in [1.54, 1.807) is 17.0 Å². The number of fused-ring (bicyclic) bond motifs is 1. The first kappa shape index (κ1) is 22.4. The van der Waals surface area contributed by atoms with Gasteiger partial charge in [-0.2, -0.15) is 4.52 Å². The SMILES string of the molecule is CCOc1ccc([C@H](c2sc3nc(CC)nn3c2O)N2CCN(C(=O)c3ccco3)CC2)cc1. The number of benzene rings is 1. The van der Waals surface area contributed by atoms with Crippen molar-refractivity contribution >= 4 is 22.2 Å². The molecule has 1 amide bonds. The van der Waals surface area contributed by atoms with Gasteiger partial charge in [-0.3, -0.25) is 9.69 Å². The summed E-state index contributed by atoms with van der Waals surface area (Å²) >= 11 is 1.45. The van der Waals surface area contributed by atoms with Crippen LogP contribution in [0, 0.1) is 0 Å². The second kappa shape index (κ2) is 9.47. The number of aryl methyl sites for hydroxylation is 1. The van der Waals surface area contributed by atoms with E-state index < -0.39 is 0 Å². The van der Waals surface area contributed by atoms with Crippen molar-refractivity contribution in [1.29, 1.82) is 0 Å². The summed E-state index contributed by atoms with van der Waals surface area (Å²) < 4.78 is 12.4. The number of thiazole rings is 1. The number of ether oxygens (including phenoxy) is 1. The Bertz CT molecular complexity index is 1260. The van der Waals surface area contributed by atoms with E-state index in [4.69, 9.17) is 9.15 Å². The van der Waals surface area contributed by atoms with Crippen LogP contribution in [0.1, 0.15) is 46.7 Å². The van der Waals surface area contributed by atoms with Crippen LogP contribution in [0.5, 0.6) is 11.6 Å². The van der Waals surface area contributed by atoms with Crippen molar-refractivity contribution in [2.45, 2.75) is 26.3 Å². The second-order valence-electron chi connectivity index (χ2n) is 8.08. The summed E-state index contributed by atoms with van der Waals surface area (Å²) in [5.41, 5.74) is 1.03. The predicted octanol–water partition coefficient (Wildman–Crippen LogP) is 3.60. The van der Waals surface area contributed by atoms with Gasteiger partial charge in [0.05, 0.1) is 23.8 Å². The van der Waals surface area contributed by atoms with Gasteiger partial charge in [0, 0.05) is 32.6 Å². The number of carbonyl (C=O) groups is 1. The third kappa shape index (κ3) is 4.14. The average molecular weight is 482 g/mol. The molecule has 3 aromatic heterocycles. The van der Waals surface area contributed by atoms with Gasteiger partial charge in [0.1, 0.15) is 5.75 Å². The topological polar surface area (TPSA) is 96.3 Å². The number of carbonyl (C=O) groups excluding carboxylic acids is 1. The predicted molar refractivity (Wildman–Crippen MR) is 128 cm³/mol. The van der Waals surface area contributed by atoms with Crippen LogP contribution < -0.4 is 4.74 Å². The van der Waals surface area contributed by atoms with Gasteiger partial charge >= 0.3 is 0 Å². The van der Waals surface area contributed by atoms with Crippen molar-refractivity contribution in [3.63, 3.8) is 0 Å². The highest BCUT2D eigenvalue weighted by Gasteiger charge is 2.33. The summed E-state index contributed by atoms with van der Waals surface area (Å²) in [6.45, 7) is 6.97. The second-order valence-corrected chi connectivity index (χ2v) is 9.09. The fourth-order valence-electron chi connectivity index (χ4n) is 4.30. The summed E-state index contributed by atoms with van der Waals surface area (Å²) in [7, 11) is 0. The highest BCUT2D eigenvalue weighted by Crippen LogP contribution is 2.40. The minimum Gasteiger partial charge on any atom is -0.494 e. The summed E-state index contributed by atoms with van der Waals surface area (Å²) in [4.78, 5) is 22.8. The van der Waals surface area contributed by atoms with Crippen molar-refractivity contribution in [2.75, 3.05) is 32.8 Å². The van der Waals surface area contributed by atoms with Gasteiger partial charge in [-0.15, -0.1) is 5.10 Å². The first-order valence-corrected chi connectivity index (χ1v) is 12.3. The van der Waals surface area contributed by atoms with Crippen LogP contribution in [0.2, 0.25) is 0 Å². The number of furan rings is 1. The molecular weight excluding hydrogens is 454 g/mol. The number of aromatic nitrogens is 3. The van der Waals surface area contributed by atoms with Crippen LogP contribution in [0.15, 0.2) is 47.1 Å². The molecule has 10 heteroatoms. The van der Waals surface area contributed by atoms with Gasteiger partial charge in [-0.05, 0) is 36.8 Å². The average Bonchev–Trinajstić information content (AvgIpc) is 3.60. The molecule has 0 aliphatic carbocycles. The Balaban J connectivity index is 1.45. The van der Waals surface area contributed by atoms with Crippen molar-refractivity contribution in [3.8, 4) is 11.6 Å². The van der Waals surface area contributed by atoms with Crippen molar-refractivity contribution in [2.24, 2.45) is 0 Å². The molecule has 5 rings (SSSR count). The largest absolute Gasteiger partial charge is 0.494 e. The Morgan fingerprint density at radius 3 is 2.56 bits per heavy atom. The van der Waals surface area contributed by atoms with Gasteiger partial charge < -0.3 is 19.2 Å². The standard InChI is InChI=1S/C24H27N5O4S/c1-3-19-25-24-29(26-19)23(31)21(34-24)20(16-7-9-17(10-8-16)32-4-2)27-11-13-28(14-12-27)22(30)18-6-5-15-33-18/h5-10,15,20,31H,3-4,11-14H2,1-2H3/t20-/m1/s1. The van der Waals surface area contributed by atoms with Crippen molar-refractivity contribution in [1.82, 2.24) is 24.4 Å². The Hall–Kier alpha value is -3.37. The van der Waals surface area contributed by atoms with E-state index in [9.17, 15) is 9.90 Å². The summed E-state index contributed by atoms with van der Waals surface area (Å²) in [5, 5.41) is 15.5. The number of aromatic hydroxyl groups is 1. The fourth-order valence-corrected chi connectivity index (χ4v) is 5.43. The third-order valence-electron chi connectivity index (χ3n) is 6.01. The molecule has 4 heterocycles. The molecule has 0 saturated carbocycles. The Labute approximate surface area is 201 Å². The van der Waals surface area contributed by atoms with Crippen LogP contribution in [0.25, 0.3) is 4.96 Å². The zero-order chi connectivity index (χ0) is 23.7. The molecule has 178 valence electrons. The number of rotatable bonds is 7. The molecule has 34 heavy (non-hydrogen) atoms. The molecule has 1 atom stereocenters. The maximum absolute atomic E-state index is 12.7.